The van der Waals surface area contributed by atoms with Crippen LogP contribution in [-0.2, 0) is 4.79 Å². The van der Waals surface area contributed by atoms with Gasteiger partial charge in [0.05, 0.1) is 15.6 Å². The van der Waals surface area contributed by atoms with Crippen molar-refractivity contribution in [3.8, 4) is 5.75 Å². The number of amides is 1. The van der Waals surface area contributed by atoms with Crippen LogP contribution in [-0.4, -0.2) is 24.0 Å². The molecule has 0 saturated heterocycles. The minimum absolute atomic E-state index is 0.0945. The summed E-state index contributed by atoms with van der Waals surface area (Å²) in [6.07, 6.45) is 0. The van der Waals surface area contributed by atoms with E-state index < -0.39 is 11.0 Å². The Morgan fingerprint density at radius 2 is 1.81 bits per heavy atom. The first kappa shape index (κ1) is 22.3. The van der Waals surface area contributed by atoms with Crippen molar-refractivity contribution >= 4 is 28.9 Å². The minimum Gasteiger partial charge on any atom is -0.492 e. The highest BCUT2D eigenvalue weighted by molar-refractivity contribution is 6.34. The summed E-state index contributed by atoms with van der Waals surface area (Å²) in [6, 6.07) is 20.2. The van der Waals surface area contributed by atoms with Crippen LogP contribution in [0.15, 0.2) is 72.8 Å². The summed E-state index contributed by atoms with van der Waals surface area (Å²) in [5.41, 5.74) is 2.08. The van der Waals surface area contributed by atoms with Gasteiger partial charge in [0.25, 0.3) is 5.69 Å². The molecule has 3 aromatic carbocycles. The van der Waals surface area contributed by atoms with Gasteiger partial charge in [-0.2, -0.15) is 0 Å². The van der Waals surface area contributed by atoms with Gasteiger partial charge in [0, 0.05) is 18.7 Å². The Morgan fingerprint density at radius 3 is 2.45 bits per heavy atom. The van der Waals surface area contributed by atoms with Gasteiger partial charge in [0.1, 0.15) is 18.4 Å². The van der Waals surface area contributed by atoms with E-state index in [-0.39, 0.29) is 16.6 Å². The van der Waals surface area contributed by atoms with Crippen molar-refractivity contribution in [1.82, 2.24) is 5.32 Å². The largest absolute Gasteiger partial charge is 0.492 e. The number of nitro groups is 1. The fourth-order valence-electron chi connectivity index (χ4n) is 2.94. The Bertz CT molecular complexity index is 1040. The third-order valence-corrected chi connectivity index (χ3v) is 4.87. The highest BCUT2D eigenvalue weighted by Gasteiger charge is 2.21. The molecular weight excluding hydrogens is 418 g/mol. The molecule has 7 nitrogen and oxygen atoms in total. The van der Waals surface area contributed by atoms with E-state index in [4.69, 9.17) is 16.3 Å². The molecule has 3 aromatic rings. The van der Waals surface area contributed by atoms with E-state index in [2.05, 4.69) is 10.6 Å². The second kappa shape index (κ2) is 10.6. The Labute approximate surface area is 185 Å². The number of hydrogen-bond acceptors (Lipinski definition) is 5. The zero-order chi connectivity index (χ0) is 22.2. The van der Waals surface area contributed by atoms with Crippen LogP contribution in [0.2, 0.25) is 5.02 Å². The predicted molar refractivity (Wildman–Crippen MR) is 121 cm³/mol. The van der Waals surface area contributed by atoms with Gasteiger partial charge < -0.3 is 10.1 Å². The fourth-order valence-corrected chi connectivity index (χ4v) is 3.16. The molecule has 0 saturated carbocycles. The average molecular weight is 440 g/mol. The van der Waals surface area contributed by atoms with Gasteiger partial charge in [-0.3, -0.25) is 20.2 Å². The molecule has 0 aliphatic carbocycles. The van der Waals surface area contributed by atoms with Crippen LogP contribution in [0.3, 0.4) is 0 Å². The molecular formula is C23H22ClN3O4. The molecule has 8 heteroatoms. The van der Waals surface area contributed by atoms with Crippen LogP contribution < -0.4 is 15.4 Å². The number of aryl methyl sites for hydroxylation is 1. The smallest absolute Gasteiger partial charge is 0.271 e. The van der Waals surface area contributed by atoms with E-state index >= 15 is 0 Å². The van der Waals surface area contributed by atoms with Crippen LogP contribution >= 0.6 is 11.6 Å². The normalized spacial score (nSPS) is 11.5. The number of carbonyl (C=O) groups is 1. The number of nitro benzene ring substituents is 1. The molecule has 0 bridgehead atoms. The number of carbonyl (C=O) groups excluding carboxylic acids is 1. The van der Waals surface area contributed by atoms with Crippen LogP contribution in [0.5, 0.6) is 5.75 Å². The van der Waals surface area contributed by atoms with Crippen molar-refractivity contribution in [1.29, 1.82) is 0 Å². The SMILES string of the molecule is Cc1ccc(OCCN[C@@H](C(=O)Nc2ccc([N+](=O)[O-])cc2Cl)c2ccccc2)cc1. The lowest BCUT2D eigenvalue weighted by Gasteiger charge is -2.19. The predicted octanol–water partition coefficient (Wildman–Crippen LogP) is 4.91. The molecule has 0 aliphatic rings. The van der Waals surface area contributed by atoms with Gasteiger partial charge in [-0.15, -0.1) is 0 Å². The number of nitrogens with one attached hydrogen (secondary N) is 2. The number of nitrogens with zero attached hydrogens (tertiary/aromatic N) is 1. The molecule has 160 valence electrons. The van der Waals surface area contributed by atoms with Crippen molar-refractivity contribution in [3.63, 3.8) is 0 Å². The van der Waals surface area contributed by atoms with Crippen LogP contribution in [0.4, 0.5) is 11.4 Å². The summed E-state index contributed by atoms with van der Waals surface area (Å²) in [4.78, 5) is 23.3. The quantitative estimate of drug-likeness (QED) is 0.281. The number of anilines is 1. The molecule has 0 spiro atoms. The molecule has 0 heterocycles. The molecule has 0 fully saturated rings. The summed E-state index contributed by atoms with van der Waals surface area (Å²) < 4.78 is 5.72. The lowest BCUT2D eigenvalue weighted by Crippen LogP contribution is -2.35. The summed E-state index contributed by atoms with van der Waals surface area (Å²) >= 11 is 6.11. The van der Waals surface area contributed by atoms with E-state index in [9.17, 15) is 14.9 Å². The number of rotatable bonds is 9. The van der Waals surface area contributed by atoms with E-state index in [0.29, 0.717) is 18.8 Å². The lowest BCUT2D eigenvalue weighted by atomic mass is 10.1. The Balaban J connectivity index is 1.66. The Morgan fingerprint density at radius 1 is 1.10 bits per heavy atom. The van der Waals surface area contributed by atoms with E-state index in [1.807, 2.05) is 61.5 Å². The topological polar surface area (TPSA) is 93.5 Å². The molecule has 1 atom stereocenters. The van der Waals surface area contributed by atoms with Crippen molar-refractivity contribution in [3.05, 3.63) is 99.1 Å². The molecule has 0 aliphatic heterocycles. The first-order chi connectivity index (χ1) is 14.9. The molecule has 0 radical (unpaired) electrons. The van der Waals surface area contributed by atoms with Gasteiger partial charge in [-0.05, 0) is 30.7 Å². The van der Waals surface area contributed by atoms with Crippen molar-refractivity contribution < 1.29 is 14.5 Å². The van der Waals surface area contributed by atoms with E-state index in [0.717, 1.165) is 16.9 Å². The summed E-state index contributed by atoms with van der Waals surface area (Å²) in [5.74, 6) is 0.420. The average Bonchev–Trinajstić information content (AvgIpc) is 2.76. The zero-order valence-corrected chi connectivity index (χ0v) is 17.6. The first-order valence-electron chi connectivity index (χ1n) is 9.66. The Hall–Kier alpha value is -3.42. The van der Waals surface area contributed by atoms with Gasteiger partial charge in [-0.1, -0.05) is 59.6 Å². The monoisotopic (exact) mass is 439 g/mol. The highest BCUT2D eigenvalue weighted by Crippen LogP contribution is 2.27. The second-order valence-electron chi connectivity index (χ2n) is 6.87. The maximum atomic E-state index is 13.0. The summed E-state index contributed by atoms with van der Waals surface area (Å²) in [5, 5.41) is 16.9. The van der Waals surface area contributed by atoms with Crippen molar-refractivity contribution in [2.75, 3.05) is 18.5 Å². The molecule has 0 aromatic heterocycles. The summed E-state index contributed by atoms with van der Waals surface area (Å²) in [6.45, 7) is 2.80. The van der Waals surface area contributed by atoms with E-state index in [1.165, 1.54) is 18.2 Å². The molecule has 2 N–H and O–H groups in total. The van der Waals surface area contributed by atoms with Gasteiger partial charge in [-0.25, -0.2) is 0 Å². The molecule has 1 amide bonds. The Kier molecular flexibility index (Phi) is 7.59. The van der Waals surface area contributed by atoms with Gasteiger partial charge in [0.15, 0.2) is 0 Å². The van der Waals surface area contributed by atoms with Crippen LogP contribution in [0.1, 0.15) is 17.2 Å². The number of ether oxygens (including phenoxy) is 1. The number of non-ortho nitro benzene ring substituents is 1. The third-order valence-electron chi connectivity index (χ3n) is 4.56. The maximum absolute atomic E-state index is 13.0. The number of benzene rings is 3. The molecule has 0 unspecified atom stereocenters. The number of halogens is 1. The van der Waals surface area contributed by atoms with Crippen molar-refractivity contribution in [2.24, 2.45) is 0 Å². The molecule has 3 rings (SSSR count). The van der Waals surface area contributed by atoms with Crippen molar-refractivity contribution in [2.45, 2.75) is 13.0 Å². The molecule has 31 heavy (non-hydrogen) atoms. The van der Waals surface area contributed by atoms with Gasteiger partial charge >= 0.3 is 0 Å². The van der Waals surface area contributed by atoms with E-state index in [1.54, 1.807) is 0 Å². The summed E-state index contributed by atoms with van der Waals surface area (Å²) in [7, 11) is 0. The third kappa shape index (κ3) is 6.28. The maximum Gasteiger partial charge on any atom is 0.271 e. The van der Waals surface area contributed by atoms with Crippen LogP contribution in [0.25, 0.3) is 0 Å². The number of hydrogen-bond donors (Lipinski definition) is 2. The van der Waals surface area contributed by atoms with Gasteiger partial charge in [0.2, 0.25) is 5.91 Å². The second-order valence-corrected chi connectivity index (χ2v) is 7.28. The highest BCUT2D eigenvalue weighted by atomic mass is 35.5. The first-order valence-corrected chi connectivity index (χ1v) is 10.0. The lowest BCUT2D eigenvalue weighted by molar-refractivity contribution is -0.384. The standard InChI is InChI=1S/C23H22ClN3O4/c1-16-7-10-19(11-8-16)31-14-13-25-22(17-5-3-2-4-6-17)23(28)26-21-12-9-18(27(29)30)15-20(21)24/h2-12,15,22,25H,13-14H2,1H3,(H,26,28)/t22-/m1/s1. The fraction of sp³-hybridized carbons (Fsp3) is 0.174. The van der Waals surface area contributed by atoms with Crippen LogP contribution in [0, 0.1) is 17.0 Å². The minimum atomic E-state index is -0.658. The zero-order valence-electron chi connectivity index (χ0n) is 16.9.